The van der Waals surface area contributed by atoms with Gasteiger partial charge in [0.05, 0.1) is 18.2 Å². The second kappa shape index (κ2) is 3.46. The number of hydrogen-bond acceptors (Lipinski definition) is 3. The van der Waals surface area contributed by atoms with Crippen molar-refractivity contribution in [1.82, 2.24) is 0 Å². The molecule has 1 aromatic heterocycles. The number of nitrogens with zero attached hydrogens (tertiary/aromatic N) is 1. The molecule has 0 saturated heterocycles. The summed E-state index contributed by atoms with van der Waals surface area (Å²) in [6.45, 7) is 0. The first-order chi connectivity index (χ1) is 7.22. The third-order valence-electron chi connectivity index (χ3n) is 2.14. The number of hydrogen-bond donors (Lipinski definition) is 1. The van der Waals surface area contributed by atoms with E-state index in [2.05, 4.69) is 0 Å². The van der Waals surface area contributed by atoms with Crippen LogP contribution >= 0.6 is 0 Å². The van der Waals surface area contributed by atoms with E-state index < -0.39 is 5.97 Å². The first-order valence-electron chi connectivity index (χ1n) is 4.33. The van der Waals surface area contributed by atoms with E-state index in [4.69, 9.17) is 14.8 Å². The molecule has 0 aliphatic heterocycles. The summed E-state index contributed by atoms with van der Waals surface area (Å²) < 4.78 is 5.19. The Hall–Kier alpha value is -2.28. The molecule has 0 amide bonds. The van der Waals surface area contributed by atoms with Crippen molar-refractivity contribution in [3.8, 4) is 6.07 Å². The van der Waals surface area contributed by atoms with Gasteiger partial charge in [0.2, 0.25) is 0 Å². The number of nitriles is 1. The van der Waals surface area contributed by atoms with Crippen molar-refractivity contribution in [2.24, 2.45) is 0 Å². The molecule has 4 nitrogen and oxygen atoms in total. The zero-order chi connectivity index (χ0) is 10.8. The van der Waals surface area contributed by atoms with Gasteiger partial charge in [0, 0.05) is 10.9 Å². The summed E-state index contributed by atoms with van der Waals surface area (Å²) in [7, 11) is 0. The lowest BCUT2D eigenvalue weighted by atomic mass is 10.1. The van der Waals surface area contributed by atoms with Gasteiger partial charge in [0.15, 0.2) is 5.58 Å². The fraction of sp³-hybridized carbons (Fsp3) is 0.0909. The monoisotopic (exact) mass is 201 g/mol. The quantitative estimate of drug-likeness (QED) is 0.805. The van der Waals surface area contributed by atoms with E-state index >= 15 is 0 Å². The molecule has 1 aromatic carbocycles. The molecule has 0 radical (unpaired) electrons. The van der Waals surface area contributed by atoms with Crippen LogP contribution < -0.4 is 0 Å². The minimum Gasteiger partial charge on any atom is -0.481 e. The SMILES string of the molecule is N#Cc1cccc2c(CC(=O)O)coc12. The zero-order valence-electron chi connectivity index (χ0n) is 7.73. The Bertz CT molecular complexity index is 563. The lowest BCUT2D eigenvalue weighted by Crippen LogP contribution is -1.98. The summed E-state index contributed by atoms with van der Waals surface area (Å²) in [5.74, 6) is -0.917. The Balaban J connectivity index is 2.62. The molecule has 0 aliphatic rings. The van der Waals surface area contributed by atoms with Crippen molar-refractivity contribution in [2.45, 2.75) is 6.42 Å². The number of carbonyl (C=O) groups is 1. The van der Waals surface area contributed by atoms with E-state index in [1.165, 1.54) is 6.26 Å². The van der Waals surface area contributed by atoms with Gasteiger partial charge >= 0.3 is 5.97 Å². The Morgan fingerprint density at radius 3 is 3.00 bits per heavy atom. The summed E-state index contributed by atoms with van der Waals surface area (Å²) >= 11 is 0. The molecular weight excluding hydrogens is 194 g/mol. The molecule has 0 aliphatic carbocycles. The maximum atomic E-state index is 10.6. The van der Waals surface area contributed by atoms with E-state index in [1.54, 1.807) is 18.2 Å². The molecule has 74 valence electrons. The van der Waals surface area contributed by atoms with Crippen LogP contribution in [0.4, 0.5) is 0 Å². The van der Waals surface area contributed by atoms with Crippen LogP contribution in [0, 0.1) is 11.3 Å². The van der Waals surface area contributed by atoms with Crippen molar-refractivity contribution in [3.05, 3.63) is 35.6 Å². The van der Waals surface area contributed by atoms with Gasteiger partial charge in [-0.05, 0) is 6.07 Å². The minimum atomic E-state index is -0.917. The summed E-state index contributed by atoms with van der Waals surface area (Å²) in [5.41, 5.74) is 1.47. The van der Waals surface area contributed by atoms with Crippen molar-refractivity contribution < 1.29 is 14.3 Å². The van der Waals surface area contributed by atoms with Gasteiger partial charge in [-0.15, -0.1) is 0 Å². The van der Waals surface area contributed by atoms with Gasteiger partial charge in [-0.2, -0.15) is 5.26 Å². The highest BCUT2D eigenvalue weighted by Crippen LogP contribution is 2.24. The molecule has 0 spiro atoms. The van der Waals surface area contributed by atoms with E-state index in [0.717, 1.165) is 0 Å². The van der Waals surface area contributed by atoms with Crippen LogP contribution in [0.3, 0.4) is 0 Å². The number of furan rings is 1. The first-order valence-corrected chi connectivity index (χ1v) is 4.33. The number of para-hydroxylation sites is 1. The van der Waals surface area contributed by atoms with E-state index in [9.17, 15) is 4.79 Å². The number of fused-ring (bicyclic) bond motifs is 1. The fourth-order valence-electron chi connectivity index (χ4n) is 1.50. The largest absolute Gasteiger partial charge is 0.481 e. The van der Waals surface area contributed by atoms with Crippen molar-refractivity contribution in [1.29, 1.82) is 5.26 Å². The van der Waals surface area contributed by atoms with E-state index in [-0.39, 0.29) is 6.42 Å². The molecule has 1 heterocycles. The van der Waals surface area contributed by atoms with Crippen LogP contribution in [0.1, 0.15) is 11.1 Å². The summed E-state index contributed by atoms with van der Waals surface area (Å²) in [6.07, 6.45) is 1.29. The van der Waals surface area contributed by atoms with Gasteiger partial charge in [-0.25, -0.2) is 0 Å². The standard InChI is InChI=1S/C11H7NO3/c12-5-7-2-1-3-9-8(4-10(13)14)6-15-11(7)9/h1-3,6H,4H2,(H,13,14). The highest BCUT2D eigenvalue weighted by atomic mass is 16.4. The average molecular weight is 201 g/mol. The molecule has 0 unspecified atom stereocenters. The van der Waals surface area contributed by atoms with Crippen molar-refractivity contribution in [3.63, 3.8) is 0 Å². The second-order valence-electron chi connectivity index (χ2n) is 3.13. The molecule has 0 saturated carbocycles. The van der Waals surface area contributed by atoms with Crippen LogP contribution in [0.2, 0.25) is 0 Å². The van der Waals surface area contributed by atoms with Gasteiger partial charge in [-0.3, -0.25) is 4.79 Å². The lowest BCUT2D eigenvalue weighted by molar-refractivity contribution is -0.136. The molecule has 1 N–H and O–H groups in total. The number of benzene rings is 1. The average Bonchev–Trinajstić information content (AvgIpc) is 2.61. The minimum absolute atomic E-state index is 0.0954. The number of carboxylic acids is 1. The smallest absolute Gasteiger partial charge is 0.307 e. The van der Waals surface area contributed by atoms with E-state index in [0.29, 0.717) is 22.1 Å². The third kappa shape index (κ3) is 1.55. The molecule has 0 fully saturated rings. The molecule has 0 atom stereocenters. The fourth-order valence-corrected chi connectivity index (χ4v) is 1.50. The number of rotatable bonds is 2. The maximum absolute atomic E-state index is 10.6. The predicted octanol–water partition coefficient (Wildman–Crippen LogP) is 1.93. The normalized spacial score (nSPS) is 10.1. The van der Waals surface area contributed by atoms with Gasteiger partial charge in [0.25, 0.3) is 0 Å². The van der Waals surface area contributed by atoms with Crippen LogP contribution in [0.25, 0.3) is 11.0 Å². The number of carboxylic acid groups (broad SMARTS) is 1. The zero-order valence-corrected chi connectivity index (χ0v) is 7.73. The number of aliphatic carboxylic acids is 1. The molecule has 2 aromatic rings. The molecule has 15 heavy (non-hydrogen) atoms. The van der Waals surface area contributed by atoms with Crippen molar-refractivity contribution in [2.75, 3.05) is 0 Å². The second-order valence-corrected chi connectivity index (χ2v) is 3.13. The molecule has 2 rings (SSSR count). The topological polar surface area (TPSA) is 74.2 Å². The Morgan fingerprint density at radius 2 is 2.33 bits per heavy atom. The van der Waals surface area contributed by atoms with Crippen molar-refractivity contribution >= 4 is 16.9 Å². The van der Waals surface area contributed by atoms with Crippen LogP contribution in [0.15, 0.2) is 28.9 Å². The molecular formula is C11H7NO3. The van der Waals surface area contributed by atoms with Gasteiger partial charge in [-0.1, -0.05) is 12.1 Å². The van der Waals surface area contributed by atoms with E-state index in [1.807, 2.05) is 6.07 Å². The summed E-state index contributed by atoms with van der Waals surface area (Å²) in [5, 5.41) is 18.2. The maximum Gasteiger partial charge on any atom is 0.307 e. The highest BCUT2D eigenvalue weighted by molar-refractivity contribution is 5.88. The Kier molecular flexibility index (Phi) is 2.14. The van der Waals surface area contributed by atoms with Crippen LogP contribution in [0.5, 0.6) is 0 Å². The first kappa shape index (κ1) is 9.28. The van der Waals surface area contributed by atoms with Gasteiger partial charge < -0.3 is 9.52 Å². The highest BCUT2D eigenvalue weighted by Gasteiger charge is 2.11. The molecule has 0 bridgehead atoms. The van der Waals surface area contributed by atoms with Crippen LogP contribution in [-0.4, -0.2) is 11.1 Å². The summed E-state index contributed by atoms with van der Waals surface area (Å²) in [4.78, 5) is 10.6. The molecule has 4 heteroatoms. The Morgan fingerprint density at radius 1 is 1.53 bits per heavy atom. The predicted molar refractivity (Wildman–Crippen MR) is 52.3 cm³/mol. The third-order valence-corrected chi connectivity index (χ3v) is 2.14. The lowest BCUT2D eigenvalue weighted by Gasteiger charge is -1.93. The van der Waals surface area contributed by atoms with Crippen LogP contribution in [-0.2, 0) is 11.2 Å². The van der Waals surface area contributed by atoms with Gasteiger partial charge in [0.1, 0.15) is 6.07 Å². The Labute approximate surface area is 85.4 Å². The summed E-state index contributed by atoms with van der Waals surface area (Å²) in [6, 6.07) is 7.09.